The molecule has 124 valence electrons. The van der Waals surface area contributed by atoms with Gasteiger partial charge in [0.05, 0.1) is 17.9 Å². The first-order valence-electron chi connectivity index (χ1n) is 8.45. The van der Waals surface area contributed by atoms with E-state index >= 15 is 0 Å². The van der Waals surface area contributed by atoms with Crippen molar-refractivity contribution in [2.75, 3.05) is 12.1 Å². The Balaban J connectivity index is 2.01. The third kappa shape index (κ3) is 8.03. The number of aromatic carboxylic acids is 1. The SMILES string of the molecule is CCCCCCCCCCCONc1ccccc1C(=O)O. The molecule has 0 aliphatic carbocycles. The quantitative estimate of drug-likeness (QED) is 0.385. The lowest BCUT2D eigenvalue weighted by molar-refractivity contribution is 0.0696. The average molecular weight is 307 g/mol. The topological polar surface area (TPSA) is 58.6 Å². The Kier molecular flexibility index (Phi) is 10.1. The molecule has 0 fully saturated rings. The van der Waals surface area contributed by atoms with E-state index in [4.69, 9.17) is 9.94 Å². The average Bonchev–Trinajstić information content (AvgIpc) is 2.53. The van der Waals surface area contributed by atoms with Crippen LogP contribution in [0.3, 0.4) is 0 Å². The second-order valence-electron chi connectivity index (χ2n) is 5.63. The summed E-state index contributed by atoms with van der Waals surface area (Å²) in [7, 11) is 0. The first kappa shape index (κ1) is 18.5. The lowest BCUT2D eigenvalue weighted by Gasteiger charge is -2.09. The van der Waals surface area contributed by atoms with E-state index in [1.54, 1.807) is 24.3 Å². The summed E-state index contributed by atoms with van der Waals surface area (Å²) in [6.07, 6.45) is 11.4. The molecule has 0 aliphatic rings. The van der Waals surface area contributed by atoms with Crippen LogP contribution in [-0.2, 0) is 4.84 Å². The van der Waals surface area contributed by atoms with Gasteiger partial charge in [-0.3, -0.25) is 10.3 Å². The molecule has 1 aromatic carbocycles. The highest BCUT2D eigenvalue weighted by atomic mass is 16.6. The van der Waals surface area contributed by atoms with Crippen molar-refractivity contribution in [1.82, 2.24) is 0 Å². The van der Waals surface area contributed by atoms with Crippen LogP contribution in [0.5, 0.6) is 0 Å². The first-order valence-corrected chi connectivity index (χ1v) is 8.45. The number of carboxylic acids is 1. The van der Waals surface area contributed by atoms with Gasteiger partial charge in [0.2, 0.25) is 0 Å². The molecule has 22 heavy (non-hydrogen) atoms. The lowest BCUT2D eigenvalue weighted by atomic mass is 10.1. The van der Waals surface area contributed by atoms with Crippen LogP contribution in [0, 0.1) is 0 Å². The van der Waals surface area contributed by atoms with Gasteiger partial charge in [0.15, 0.2) is 0 Å². The van der Waals surface area contributed by atoms with Crippen LogP contribution in [0.15, 0.2) is 24.3 Å². The fourth-order valence-electron chi connectivity index (χ4n) is 2.37. The van der Waals surface area contributed by atoms with Gasteiger partial charge in [-0.1, -0.05) is 70.4 Å². The van der Waals surface area contributed by atoms with Gasteiger partial charge in [0, 0.05) is 0 Å². The molecule has 4 nitrogen and oxygen atoms in total. The molecule has 0 saturated carbocycles. The highest BCUT2D eigenvalue weighted by Gasteiger charge is 2.08. The Morgan fingerprint density at radius 1 is 1.00 bits per heavy atom. The van der Waals surface area contributed by atoms with E-state index in [1.807, 2.05) is 0 Å². The van der Waals surface area contributed by atoms with Crippen molar-refractivity contribution in [2.24, 2.45) is 0 Å². The monoisotopic (exact) mass is 307 g/mol. The van der Waals surface area contributed by atoms with Gasteiger partial charge in [-0.2, -0.15) is 0 Å². The Morgan fingerprint density at radius 3 is 2.23 bits per heavy atom. The van der Waals surface area contributed by atoms with E-state index in [9.17, 15) is 4.79 Å². The maximum absolute atomic E-state index is 11.0. The van der Waals surface area contributed by atoms with Gasteiger partial charge in [-0.15, -0.1) is 0 Å². The minimum Gasteiger partial charge on any atom is -0.478 e. The van der Waals surface area contributed by atoms with E-state index in [0.717, 1.165) is 12.8 Å². The molecule has 0 aliphatic heterocycles. The molecule has 1 rings (SSSR count). The fraction of sp³-hybridized carbons (Fsp3) is 0.611. The number of para-hydroxylation sites is 1. The zero-order valence-corrected chi connectivity index (χ0v) is 13.6. The summed E-state index contributed by atoms with van der Waals surface area (Å²) >= 11 is 0. The van der Waals surface area contributed by atoms with Crippen molar-refractivity contribution in [3.05, 3.63) is 29.8 Å². The fourth-order valence-corrected chi connectivity index (χ4v) is 2.37. The van der Waals surface area contributed by atoms with Crippen molar-refractivity contribution < 1.29 is 14.7 Å². The van der Waals surface area contributed by atoms with E-state index in [0.29, 0.717) is 12.3 Å². The Bertz CT molecular complexity index is 421. The van der Waals surface area contributed by atoms with Crippen LogP contribution in [-0.4, -0.2) is 17.7 Å². The van der Waals surface area contributed by atoms with Crippen LogP contribution in [0.4, 0.5) is 5.69 Å². The van der Waals surface area contributed by atoms with E-state index in [1.165, 1.54) is 44.9 Å². The molecule has 0 amide bonds. The van der Waals surface area contributed by atoms with Crippen LogP contribution < -0.4 is 5.48 Å². The van der Waals surface area contributed by atoms with Crippen LogP contribution in [0.25, 0.3) is 0 Å². The molecule has 0 unspecified atom stereocenters. The molecule has 0 heterocycles. The van der Waals surface area contributed by atoms with E-state index in [2.05, 4.69) is 12.4 Å². The van der Waals surface area contributed by atoms with Crippen molar-refractivity contribution in [2.45, 2.75) is 64.7 Å². The summed E-state index contributed by atoms with van der Waals surface area (Å²) < 4.78 is 0. The Labute approximate surface area is 133 Å². The van der Waals surface area contributed by atoms with Crippen molar-refractivity contribution in [1.29, 1.82) is 0 Å². The van der Waals surface area contributed by atoms with Crippen LogP contribution in [0.2, 0.25) is 0 Å². The maximum Gasteiger partial charge on any atom is 0.337 e. The molecule has 0 aromatic heterocycles. The minimum absolute atomic E-state index is 0.231. The number of nitrogens with one attached hydrogen (secondary N) is 1. The minimum atomic E-state index is -0.949. The molecular weight excluding hydrogens is 278 g/mol. The largest absolute Gasteiger partial charge is 0.478 e. The molecule has 0 spiro atoms. The normalized spacial score (nSPS) is 10.6. The third-order valence-electron chi connectivity index (χ3n) is 3.69. The Hall–Kier alpha value is -1.55. The summed E-state index contributed by atoms with van der Waals surface area (Å²) in [6, 6.07) is 6.76. The maximum atomic E-state index is 11.0. The zero-order valence-electron chi connectivity index (χ0n) is 13.6. The summed E-state index contributed by atoms with van der Waals surface area (Å²) in [4.78, 5) is 16.4. The number of carbonyl (C=O) groups is 1. The van der Waals surface area contributed by atoms with Gasteiger partial charge < -0.3 is 5.11 Å². The number of hydrogen-bond donors (Lipinski definition) is 2. The lowest BCUT2D eigenvalue weighted by Crippen LogP contribution is -2.08. The molecule has 0 saturated heterocycles. The second kappa shape index (κ2) is 12.0. The Morgan fingerprint density at radius 2 is 1.59 bits per heavy atom. The predicted octanol–water partition coefficient (Wildman–Crippen LogP) is 5.26. The smallest absolute Gasteiger partial charge is 0.337 e. The second-order valence-corrected chi connectivity index (χ2v) is 5.63. The highest BCUT2D eigenvalue weighted by Crippen LogP contribution is 2.15. The number of rotatable bonds is 13. The standard InChI is InChI=1S/C18H29NO3/c1-2-3-4-5-6-7-8-9-12-15-22-19-17-14-11-10-13-16(17)18(20)21/h10-11,13-14,19H,2-9,12,15H2,1H3,(H,20,21). The van der Waals surface area contributed by atoms with Crippen LogP contribution in [0.1, 0.15) is 75.1 Å². The third-order valence-corrected chi connectivity index (χ3v) is 3.69. The summed E-state index contributed by atoms with van der Waals surface area (Å²) in [5, 5.41) is 9.05. The van der Waals surface area contributed by atoms with Crippen molar-refractivity contribution in [3.8, 4) is 0 Å². The number of carboxylic acid groups (broad SMARTS) is 1. The van der Waals surface area contributed by atoms with Gasteiger partial charge >= 0.3 is 5.97 Å². The summed E-state index contributed by atoms with van der Waals surface area (Å²) in [5.74, 6) is -0.949. The summed E-state index contributed by atoms with van der Waals surface area (Å²) in [6.45, 7) is 2.84. The highest BCUT2D eigenvalue weighted by molar-refractivity contribution is 5.93. The van der Waals surface area contributed by atoms with Gasteiger partial charge in [-0.25, -0.2) is 4.79 Å². The number of unbranched alkanes of at least 4 members (excludes halogenated alkanes) is 8. The van der Waals surface area contributed by atoms with Gasteiger partial charge in [-0.05, 0) is 18.6 Å². The van der Waals surface area contributed by atoms with Crippen molar-refractivity contribution in [3.63, 3.8) is 0 Å². The van der Waals surface area contributed by atoms with E-state index in [-0.39, 0.29) is 5.56 Å². The summed E-state index contributed by atoms with van der Waals surface area (Å²) in [5.41, 5.74) is 3.48. The number of benzene rings is 1. The van der Waals surface area contributed by atoms with E-state index < -0.39 is 5.97 Å². The van der Waals surface area contributed by atoms with Gasteiger partial charge in [0.25, 0.3) is 0 Å². The first-order chi connectivity index (χ1) is 10.8. The number of anilines is 1. The zero-order chi connectivity index (χ0) is 16.0. The molecule has 1 aromatic rings. The molecule has 0 bridgehead atoms. The molecule has 4 heteroatoms. The molecule has 0 atom stereocenters. The molecule has 2 N–H and O–H groups in total. The van der Waals surface area contributed by atoms with Crippen LogP contribution >= 0.6 is 0 Å². The van der Waals surface area contributed by atoms with Gasteiger partial charge in [0.1, 0.15) is 0 Å². The molecule has 0 radical (unpaired) electrons. The molecular formula is C18H29NO3. The van der Waals surface area contributed by atoms with Crippen molar-refractivity contribution >= 4 is 11.7 Å². The number of hydrogen-bond acceptors (Lipinski definition) is 3. The predicted molar refractivity (Wildman–Crippen MR) is 90.2 cm³/mol.